The molecule has 4 aromatic carbocycles. The molecule has 0 spiro atoms. The highest BCUT2D eigenvalue weighted by Gasteiger charge is 2.32. The van der Waals surface area contributed by atoms with E-state index in [1.54, 1.807) is 48.5 Å². The minimum atomic E-state index is -4.17. The van der Waals surface area contributed by atoms with E-state index < -0.39 is 38.3 Å². The lowest BCUT2D eigenvalue weighted by molar-refractivity contribution is -0.116. The van der Waals surface area contributed by atoms with Gasteiger partial charge in [0.25, 0.3) is 10.0 Å². The van der Waals surface area contributed by atoms with Crippen molar-refractivity contribution in [2.45, 2.75) is 22.8 Å². The number of carbonyl (C=O) groups is 1. The first-order valence-electron chi connectivity index (χ1n) is 12.5. The lowest BCUT2D eigenvalue weighted by atomic mass is 10.1. The highest BCUT2D eigenvalue weighted by Crippen LogP contribution is 2.35. The van der Waals surface area contributed by atoms with E-state index in [9.17, 15) is 26.0 Å². The zero-order chi connectivity index (χ0) is 29.2. The van der Waals surface area contributed by atoms with Gasteiger partial charge in [-0.1, -0.05) is 48.0 Å². The molecule has 0 fully saturated rings. The molecule has 1 heterocycles. The summed E-state index contributed by atoms with van der Waals surface area (Å²) in [7, 11) is -8.04. The minimum Gasteiger partial charge on any atom is -0.325 e. The summed E-state index contributed by atoms with van der Waals surface area (Å²) in [6.45, 7) is -0.387. The SMILES string of the molecule is O=C(CN(Cc1ccccc1)S(=O)(=O)c1ccc(F)cc1)Nc1ccc2c(c1)N(S(=O)(=O)c1ccc(Cl)cc1)CC2. The van der Waals surface area contributed by atoms with Crippen molar-refractivity contribution >= 4 is 48.9 Å². The molecule has 12 heteroatoms. The highest BCUT2D eigenvalue weighted by atomic mass is 35.5. The van der Waals surface area contributed by atoms with E-state index in [0.29, 0.717) is 28.4 Å². The maximum atomic E-state index is 13.5. The van der Waals surface area contributed by atoms with Crippen molar-refractivity contribution in [1.82, 2.24) is 4.31 Å². The van der Waals surface area contributed by atoms with Gasteiger partial charge in [-0.15, -0.1) is 0 Å². The molecular formula is C29H25ClFN3O5S2. The van der Waals surface area contributed by atoms with E-state index in [4.69, 9.17) is 11.6 Å². The second kappa shape index (κ2) is 11.6. The number of hydrogen-bond acceptors (Lipinski definition) is 5. The minimum absolute atomic E-state index is 0.0896. The molecule has 41 heavy (non-hydrogen) atoms. The number of hydrogen-bond donors (Lipinski definition) is 1. The standard InChI is InChI=1S/C29H25ClFN3O5S2/c30-23-7-12-27(13-8-23)41(38,39)34-17-16-22-6-11-25(18-28(22)34)32-29(35)20-33(19-21-4-2-1-3-5-21)40(36,37)26-14-9-24(31)10-15-26/h1-15,18H,16-17,19-20H2,(H,32,35). The van der Waals surface area contributed by atoms with Gasteiger partial charge in [-0.25, -0.2) is 21.2 Å². The molecule has 1 aliphatic heterocycles. The van der Waals surface area contributed by atoms with Crippen LogP contribution in [0, 0.1) is 5.82 Å². The second-order valence-electron chi connectivity index (χ2n) is 9.39. The molecule has 0 saturated heterocycles. The van der Waals surface area contributed by atoms with Gasteiger partial charge in [-0.05, 0) is 78.2 Å². The van der Waals surface area contributed by atoms with Gasteiger partial charge in [0, 0.05) is 23.8 Å². The molecule has 5 rings (SSSR count). The fourth-order valence-electron chi connectivity index (χ4n) is 4.54. The van der Waals surface area contributed by atoms with Gasteiger partial charge in [0.1, 0.15) is 5.82 Å². The van der Waals surface area contributed by atoms with Crippen LogP contribution in [0.25, 0.3) is 0 Å². The molecule has 0 atom stereocenters. The number of anilines is 2. The Morgan fingerprint density at radius 2 is 1.54 bits per heavy atom. The lowest BCUT2D eigenvalue weighted by Gasteiger charge is -2.23. The summed E-state index contributed by atoms with van der Waals surface area (Å²) in [4.78, 5) is 13.1. The van der Waals surface area contributed by atoms with E-state index >= 15 is 0 Å². The van der Waals surface area contributed by atoms with Crippen LogP contribution in [0.3, 0.4) is 0 Å². The van der Waals surface area contributed by atoms with Crippen molar-refractivity contribution in [3.63, 3.8) is 0 Å². The quantitative estimate of drug-likeness (QED) is 0.284. The smallest absolute Gasteiger partial charge is 0.264 e. The molecule has 0 saturated carbocycles. The summed E-state index contributed by atoms with van der Waals surface area (Å²) in [5.41, 5.74) is 2.19. The molecular weight excluding hydrogens is 589 g/mol. The van der Waals surface area contributed by atoms with Crippen molar-refractivity contribution in [3.8, 4) is 0 Å². The Bertz CT molecular complexity index is 1780. The van der Waals surface area contributed by atoms with Gasteiger partial charge >= 0.3 is 0 Å². The Kier molecular flexibility index (Phi) is 8.14. The van der Waals surface area contributed by atoms with Crippen molar-refractivity contribution in [1.29, 1.82) is 0 Å². The summed E-state index contributed by atoms with van der Waals surface area (Å²) in [6, 6.07) is 24.0. The molecule has 0 unspecified atom stereocenters. The Hall–Kier alpha value is -3.77. The summed E-state index contributed by atoms with van der Waals surface area (Å²) in [5.74, 6) is -1.21. The first-order valence-corrected chi connectivity index (χ1v) is 15.8. The average Bonchev–Trinajstić information content (AvgIpc) is 3.38. The number of nitrogens with one attached hydrogen (secondary N) is 1. The van der Waals surface area contributed by atoms with Gasteiger partial charge in [0.15, 0.2) is 0 Å². The molecule has 1 N–H and O–H groups in total. The molecule has 0 bridgehead atoms. The lowest BCUT2D eigenvalue weighted by Crippen LogP contribution is -2.37. The Balaban J connectivity index is 1.38. The van der Waals surface area contributed by atoms with Gasteiger partial charge in [0.2, 0.25) is 15.9 Å². The monoisotopic (exact) mass is 613 g/mol. The number of halogens is 2. The molecule has 8 nitrogen and oxygen atoms in total. The number of carbonyl (C=O) groups excluding carboxylic acids is 1. The number of fused-ring (bicyclic) bond motifs is 1. The Labute approximate surface area is 243 Å². The van der Waals surface area contributed by atoms with Crippen LogP contribution in [0.1, 0.15) is 11.1 Å². The summed E-state index contributed by atoms with van der Waals surface area (Å²) < 4.78 is 69.3. The zero-order valence-electron chi connectivity index (χ0n) is 21.6. The first kappa shape index (κ1) is 28.7. The molecule has 0 radical (unpaired) electrons. The summed E-state index contributed by atoms with van der Waals surface area (Å²) in [6.07, 6.45) is 0.497. The predicted molar refractivity (Wildman–Crippen MR) is 155 cm³/mol. The van der Waals surface area contributed by atoms with E-state index in [1.165, 1.54) is 28.6 Å². The van der Waals surface area contributed by atoms with Crippen LogP contribution in [0.4, 0.5) is 15.8 Å². The van der Waals surface area contributed by atoms with Crippen LogP contribution in [0.2, 0.25) is 5.02 Å². The van der Waals surface area contributed by atoms with Gasteiger partial charge < -0.3 is 5.32 Å². The molecule has 0 aliphatic carbocycles. The fourth-order valence-corrected chi connectivity index (χ4v) is 7.55. The molecule has 1 aliphatic rings. The van der Waals surface area contributed by atoms with Crippen LogP contribution in [0.15, 0.2) is 107 Å². The van der Waals surface area contributed by atoms with Crippen LogP contribution in [-0.2, 0) is 37.8 Å². The van der Waals surface area contributed by atoms with Crippen molar-refractivity contribution < 1.29 is 26.0 Å². The van der Waals surface area contributed by atoms with E-state index in [0.717, 1.165) is 34.1 Å². The second-order valence-corrected chi connectivity index (χ2v) is 13.6. The van der Waals surface area contributed by atoms with Gasteiger partial charge in [-0.3, -0.25) is 9.10 Å². The number of amides is 1. The molecule has 4 aromatic rings. The number of rotatable bonds is 9. The van der Waals surface area contributed by atoms with E-state index in [1.807, 2.05) is 0 Å². The maximum absolute atomic E-state index is 13.5. The van der Waals surface area contributed by atoms with E-state index in [2.05, 4.69) is 5.32 Å². The average molecular weight is 614 g/mol. The molecule has 1 amide bonds. The third-order valence-corrected chi connectivity index (χ3v) is 10.5. The Morgan fingerprint density at radius 3 is 2.22 bits per heavy atom. The highest BCUT2D eigenvalue weighted by molar-refractivity contribution is 7.92. The first-order chi connectivity index (χ1) is 19.5. The number of sulfonamides is 2. The van der Waals surface area contributed by atoms with Crippen molar-refractivity contribution in [3.05, 3.63) is 119 Å². The normalized spacial score (nSPS) is 13.3. The summed E-state index contributed by atoms with van der Waals surface area (Å²) >= 11 is 5.92. The van der Waals surface area contributed by atoms with Gasteiger partial charge in [-0.2, -0.15) is 4.31 Å². The third kappa shape index (κ3) is 6.28. The number of benzene rings is 4. The van der Waals surface area contributed by atoms with Crippen molar-refractivity contribution in [2.75, 3.05) is 22.7 Å². The van der Waals surface area contributed by atoms with Crippen LogP contribution >= 0.6 is 11.6 Å². The number of nitrogens with zero attached hydrogens (tertiary/aromatic N) is 2. The van der Waals surface area contributed by atoms with Crippen LogP contribution in [-0.4, -0.2) is 40.1 Å². The van der Waals surface area contributed by atoms with Crippen LogP contribution in [0.5, 0.6) is 0 Å². The van der Waals surface area contributed by atoms with Crippen molar-refractivity contribution in [2.24, 2.45) is 0 Å². The largest absolute Gasteiger partial charge is 0.325 e. The summed E-state index contributed by atoms with van der Waals surface area (Å²) in [5, 5.41) is 3.11. The van der Waals surface area contributed by atoms with Gasteiger partial charge in [0.05, 0.1) is 22.0 Å². The van der Waals surface area contributed by atoms with Crippen LogP contribution < -0.4 is 9.62 Å². The third-order valence-electron chi connectivity index (χ3n) is 6.60. The fraction of sp³-hybridized carbons (Fsp3) is 0.138. The Morgan fingerprint density at radius 1 is 0.878 bits per heavy atom. The zero-order valence-corrected chi connectivity index (χ0v) is 24.0. The van der Waals surface area contributed by atoms with E-state index in [-0.39, 0.29) is 22.9 Å². The molecule has 212 valence electrons. The predicted octanol–water partition coefficient (Wildman–Crippen LogP) is 5.06. The topological polar surface area (TPSA) is 104 Å². The molecule has 0 aromatic heterocycles. The maximum Gasteiger partial charge on any atom is 0.264 e.